The summed E-state index contributed by atoms with van der Waals surface area (Å²) < 4.78 is 0. The van der Waals surface area contributed by atoms with Crippen molar-refractivity contribution in [2.75, 3.05) is 13.1 Å². The Morgan fingerprint density at radius 3 is 2.17 bits per heavy atom. The number of aliphatic carboxylic acids is 1. The first kappa shape index (κ1) is 20.6. The van der Waals surface area contributed by atoms with E-state index in [-0.39, 0.29) is 5.92 Å². The quantitative estimate of drug-likeness (QED) is 0.255. The number of nitrogens with one attached hydrogen (secondary N) is 3. The molecule has 0 aliphatic heterocycles. The molecule has 2 atom stereocenters. The standard InChI is InChI=1S/C13H25N5O5/c1-7(2)10(12(22)17-6-9(19)20)18-11(21)8(14)4-3-5-16-13(15)23/h7-8,10H,3-6,14H2,1-2H3,(H,17,22)(H,18,21)(H,19,20)(H3,15,16,23)/t8-,10-/m0/s1. The summed E-state index contributed by atoms with van der Waals surface area (Å²) in [5.74, 6) is -2.52. The van der Waals surface area contributed by atoms with Crippen LogP contribution < -0.4 is 27.4 Å². The predicted octanol–water partition coefficient (Wildman–Crippen LogP) is -1.90. The lowest BCUT2D eigenvalue weighted by atomic mass is 10.0. The molecule has 0 heterocycles. The molecule has 0 aromatic carbocycles. The predicted molar refractivity (Wildman–Crippen MR) is 82.2 cm³/mol. The molecule has 0 unspecified atom stereocenters. The number of hydrogen-bond donors (Lipinski definition) is 6. The summed E-state index contributed by atoms with van der Waals surface area (Å²) >= 11 is 0. The molecule has 0 saturated heterocycles. The average molecular weight is 331 g/mol. The molecule has 10 nitrogen and oxygen atoms in total. The van der Waals surface area contributed by atoms with Crippen molar-refractivity contribution in [3.05, 3.63) is 0 Å². The molecule has 0 aliphatic carbocycles. The van der Waals surface area contributed by atoms with Crippen LogP contribution in [-0.2, 0) is 14.4 Å². The minimum Gasteiger partial charge on any atom is -0.480 e. The Labute approximate surface area is 134 Å². The van der Waals surface area contributed by atoms with Gasteiger partial charge < -0.3 is 32.5 Å². The maximum absolute atomic E-state index is 12.0. The molecular weight excluding hydrogens is 306 g/mol. The van der Waals surface area contributed by atoms with Gasteiger partial charge in [-0.25, -0.2) is 4.79 Å². The number of carbonyl (C=O) groups excluding carboxylic acids is 3. The number of carboxylic acid groups (broad SMARTS) is 1. The van der Waals surface area contributed by atoms with Crippen molar-refractivity contribution in [1.82, 2.24) is 16.0 Å². The zero-order valence-corrected chi connectivity index (χ0v) is 13.3. The van der Waals surface area contributed by atoms with Crippen molar-refractivity contribution in [3.63, 3.8) is 0 Å². The van der Waals surface area contributed by atoms with E-state index in [0.717, 1.165) is 0 Å². The topological polar surface area (TPSA) is 177 Å². The lowest BCUT2D eigenvalue weighted by molar-refractivity contribution is -0.138. The summed E-state index contributed by atoms with van der Waals surface area (Å²) in [7, 11) is 0. The van der Waals surface area contributed by atoms with Crippen LogP contribution in [0.3, 0.4) is 0 Å². The van der Waals surface area contributed by atoms with Gasteiger partial charge in [0.25, 0.3) is 0 Å². The number of carbonyl (C=O) groups is 4. The summed E-state index contributed by atoms with van der Waals surface area (Å²) in [6.45, 7) is 3.20. The first-order valence-corrected chi connectivity index (χ1v) is 7.24. The molecular formula is C13H25N5O5. The Balaban J connectivity index is 4.40. The molecule has 4 amide bonds. The number of urea groups is 1. The van der Waals surface area contributed by atoms with E-state index < -0.39 is 42.4 Å². The van der Waals surface area contributed by atoms with Crippen molar-refractivity contribution in [3.8, 4) is 0 Å². The largest absolute Gasteiger partial charge is 0.480 e. The Morgan fingerprint density at radius 1 is 1.09 bits per heavy atom. The van der Waals surface area contributed by atoms with E-state index in [9.17, 15) is 19.2 Å². The minimum absolute atomic E-state index is 0.239. The summed E-state index contributed by atoms with van der Waals surface area (Å²) in [6, 6.07) is -2.38. The van der Waals surface area contributed by atoms with E-state index in [1.807, 2.05) is 0 Å². The second-order valence-corrected chi connectivity index (χ2v) is 5.38. The fraction of sp³-hybridized carbons (Fsp3) is 0.692. The Hall–Kier alpha value is -2.36. The number of amides is 4. The van der Waals surface area contributed by atoms with Crippen LogP contribution in [0.5, 0.6) is 0 Å². The van der Waals surface area contributed by atoms with Gasteiger partial charge in [-0.2, -0.15) is 0 Å². The van der Waals surface area contributed by atoms with Gasteiger partial charge in [0, 0.05) is 6.54 Å². The van der Waals surface area contributed by atoms with Crippen molar-refractivity contribution in [2.24, 2.45) is 17.4 Å². The molecule has 0 fully saturated rings. The van der Waals surface area contributed by atoms with Crippen LogP contribution in [0.2, 0.25) is 0 Å². The third-order valence-corrected chi connectivity index (χ3v) is 2.99. The van der Waals surface area contributed by atoms with Gasteiger partial charge in [-0.3, -0.25) is 14.4 Å². The number of primary amides is 1. The Kier molecular flexibility index (Phi) is 9.31. The zero-order chi connectivity index (χ0) is 18.0. The average Bonchev–Trinajstić information content (AvgIpc) is 2.45. The van der Waals surface area contributed by atoms with Crippen LogP contribution in [0, 0.1) is 5.92 Å². The maximum Gasteiger partial charge on any atom is 0.322 e. The zero-order valence-electron chi connectivity index (χ0n) is 13.3. The molecule has 0 radical (unpaired) electrons. The van der Waals surface area contributed by atoms with Crippen LogP contribution in [0.25, 0.3) is 0 Å². The molecule has 0 aromatic heterocycles. The lowest BCUT2D eigenvalue weighted by Gasteiger charge is -2.23. The van der Waals surface area contributed by atoms with E-state index >= 15 is 0 Å². The smallest absolute Gasteiger partial charge is 0.322 e. The highest BCUT2D eigenvalue weighted by Crippen LogP contribution is 2.03. The molecule has 0 spiro atoms. The van der Waals surface area contributed by atoms with Gasteiger partial charge in [-0.05, 0) is 18.8 Å². The molecule has 23 heavy (non-hydrogen) atoms. The van der Waals surface area contributed by atoms with Crippen LogP contribution in [0.4, 0.5) is 4.79 Å². The number of hydrogen-bond acceptors (Lipinski definition) is 5. The molecule has 0 aromatic rings. The summed E-state index contributed by atoms with van der Waals surface area (Å²) in [5.41, 5.74) is 10.6. The Bertz CT molecular complexity index is 440. The van der Waals surface area contributed by atoms with Crippen LogP contribution in [0.15, 0.2) is 0 Å². The fourth-order valence-corrected chi connectivity index (χ4v) is 1.73. The maximum atomic E-state index is 12.0. The van der Waals surface area contributed by atoms with Crippen LogP contribution in [-0.4, -0.2) is 54.1 Å². The molecule has 132 valence electrons. The minimum atomic E-state index is -1.18. The number of carboxylic acids is 1. The highest BCUT2D eigenvalue weighted by molar-refractivity contribution is 5.91. The van der Waals surface area contributed by atoms with Crippen molar-refractivity contribution in [1.29, 1.82) is 0 Å². The monoisotopic (exact) mass is 331 g/mol. The molecule has 0 saturated carbocycles. The number of nitrogens with two attached hydrogens (primary N) is 2. The van der Waals surface area contributed by atoms with E-state index in [1.165, 1.54) is 0 Å². The highest BCUT2D eigenvalue weighted by Gasteiger charge is 2.26. The third kappa shape index (κ3) is 9.30. The summed E-state index contributed by atoms with van der Waals surface area (Å²) in [5, 5.41) is 15.7. The van der Waals surface area contributed by atoms with Crippen molar-refractivity contribution in [2.45, 2.75) is 38.8 Å². The van der Waals surface area contributed by atoms with Crippen LogP contribution in [0.1, 0.15) is 26.7 Å². The van der Waals surface area contributed by atoms with Gasteiger partial charge in [-0.1, -0.05) is 13.8 Å². The van der Waals surface area contributed by atoms with Gasteiger partial charge in [-0.15, -0.1) is 0 Å². The second-order valence-electron chi connectivity index (χ2n) is 5.38. The SMILES string of the molecule is CC(C)[C@H](NC(=O)[C@@H](N)CCCNC(N)=O)C(=O)NCC(=O)O. The molecule has 0 bridgehead atoms. The van der Waals surface area contributed by atoms with E-state index in [0.29, 0.717) is 19.4 Å². The van der Waals surface area contributed by atoms with Gasteiger partial charge in [0.1, 0.15) is 12.6 Å². The van der Waals surface area contributed by atoms with Gasteiger partial charge in [0.15, 0.2) is 0 Å². The number of rotatable bonds is 10. The van der Waals surface area contributed by atoms with E-state index in [2.05, 4.69) is 16.0 Å². The van der Waals surface area contributed by atoms with E-state index in [1.54, 1.807) is 13.8 Å². The normalized spacial score (nSPS) is 13.0. The molecule has 0 rings (SSSR count). The van der Waals surface area contributed by atoms with Gasteiger partial charge in [0.2, 0.25) is 11.8 Å². The van der Waals surface area contributed by atoms with Crippen molar-refractivity contribution < 1.29 is 24.3 Å². The molecule has 10 heteroatoms. The fourth-order valence-electron chi connectivity index (χ4n) is 1.73. The van der Waals surface area contributed by atoms with Gasteiger partial charge >= 0.3 is 12.0 Å². The summed E-state index contributed by atoms with van der Waals surface area (Å²) in [6.07, 6.45) is 0.753. The van der Waals surface area contributed by atoms with E-state index in [4.69, 9.17) is 16.6 Å². The molecule has 0 aliphatic rings. The lowest BCUT2D eigenvalue weighted by Crippen LogP contribution is -2.54. The summed E-state index contributed by atoms with van der Waals surface area (Å²) in [4.78, 5) is 44.8. The van der Waals surface area contributed by atoms with Crippen LogP contribution >= 0.6 is 0 Å². The first-order chi connectivity index (χ1) is 10.6. The third-order valence-electron chi connectivity index (χ3n) is 2.99. The first-order valence-electron chi connectivity index (χ1n) is 7.24. The van der Waals surface area contributed by atoms with Gasteiger partial charge in [0.05, 0.1) is 6.04 Å². The highest BCUT2D eigenvalue weighted by atomic mass is 16.4. The molecule has 8 N–H and O–H groups in total. The second kappa shape index (κ2) is 10.4. The van der Waals surface area contributed by atoms with Crippen molar-refractivity contribution >= 4 is 23.8 Å². The Morgan fingerprint density at radius 2 is 1.70 bits per heavy atom.